The molecule has 0 aliphatic rings. The summed E-state index contributed by atoms with van der Waals surface area (Å²) in [7, 11) is 4.52. The minimum Gasteiger partial charge on any atom is -0.453 e. The number of nitrogens with one attached hydrogen (secondary N) is 2. The summed E-state index contributed by atoms with van der Waals surface area (Å²) >= 11 is 0. The fourth-order valence-electron chi connectivity index (χ4n) is 4.75. The third kappa shape index (κ3) is 9.87. The first-order valence-electron chi connectivity index (χ1n) is 15.3. The number of allylic oxidation sites excluding steroid dienone is 1. The number of hydrogen-bond acceptors (Lipinski definition) is 8. The number of fused-ring (bicyclic) bond motifs is 1. The van der Waals surface area contributed by atoms with Crippen molar-refractivity contribution in [3.05, 3.63) is 69.9 Å². The molecule has 12 nitrogen and oxygen atoms in total. The Morgan fingerprint density at radius 2 is 1.85 bits per heavy atom. The van der Waals surface area contributed by atoms with Crippen molar-refractivity contribution < 1.29 is 32.6 Å². The molecule has 2 heterocycles. The number of carbonyl (C=O) groups excluding carboxylic acids is 3. The number of carbonyl (C=O) groups is 3. The smallest absolute Gasteiger partial charge is 0.420 e. The van der Waals surface area contributed by atoms with Crippen molar-refractivity contribution in [3.63, 3.8) is 0 Å². The molecular weight excluding hydrogens is 614 g/mol. The van der Waals surface area contributed by atoms with Crippen LogP contribution in [-0.4, -0.2) is 76.5 Å². The van der Waals surface area contributed by atoms with E-state index in [1.54, 1.807) is 53.1 Å². The number of anilines is 1. The summed E-state index contributed by atoms with van der Waals surface area (Å²) in [5.74, 6) is -1.94. The number of pyridine rings is 1. The lowest BCUT2D eigenvalue weighted by molar-refractivity contribution is -0.123. The highest BCUT2D eigenvalue weighted by molar-refractivity contribution is 5.90. The van der Waals surface area contributed by atoms with Gasteiger partial charge in [0.25, 0.3) is 5.56 Å². The second-order valence-corrected chi connectivity index (χ2v) is 12.7. The van der Waals surface area contributed by atoms with Crippen molar-refractivity contribution in [3.8, 4) is 0 Å². The molecule has 1 atom stereocenters. The molecule has 1 unspecified atom stereocenters. The van der Waals surface area contributed by atoms with Gasteiger partial charge in [-0.15, -0.1) is 0 Å². The fourth-order valence-corrected chi connectivity index (χ4v) is 4.75. The van der Waals surface area contributed by atoms with Gasteiger partial charge < -0.3 is 29.6 Å². The zero-order chi connectivity index (χ0) is 35.1. The molecule has 0 aliphatic heterocycles. The standard InChI is InChI=1S/C33H44F2N6O6/c1-20(2)16-22-23(34)17-24(35)29-28(22)38-26(41(29)32(45)47-33(3,4)5)19-40-15-11-13-25(30(40)43)36-18-21(37-31(44)46-8)12-9-10-14-27(42)39(6)7/h10-11,13-15,17,20-21,36H,9,12,16,18-19H2,1-8H3,(H,37,44)/b14-10+. The molecule has 47 heavy (non-hydrogen) atoms. The Labute approximate surface area is 272 Å². The van der Waals surface area contributed by atoms with Gasteiger partial charge in [-0.1, -0.05) is 19.9 Å². The molecule has 1 aromatic carbocycles. The quantitative estimate of drug-likeness (QED) is 0.258. The number of benzene rings is 1. The van der Waals surface area contributed by atoms with Crippen molar-refractivity contribution in [2.75, 3.05) is 33.1 Å². The predicted octanol–water partition coefficient (Wildman–Crippen LogP) is 5.07. The molecule has 2 amide bonds. The van der Waals surface area contributed by atoms with Crippen molar-refractivity contribution in [1.29, 1.82) is 0 Å². The van der Waals surface area contributed by atoms with E-state index in [0.717, 1.165) is 10.6 Å². The Morgan fingerprint density at radius 3 is 2.47 bits per heavy atom. The first kappa shape index (κ1) is 36.7. The molecule has 0 aliphatic carbocycles. The van der Waals surface area contributed by atoms with Crippen LogP contribution in [0, 0.1) is 17.6 Å². The topological polar surface area (TPSA) is 137 Å². The summed E-state index contributed by atoms with van der Waals surface area (Å²) in [6.45, 7) is 8.61. The zero-order valence-electron chi connectivity index (χ0n) is 28.1. The zero-order valence-corrected chi connectivity index (χ0v) is 28.1. The van der Waals surface area contributed by atoms with E-state index in [4.69, 9.17) is 9.47 Å². The molecule has 0 saturated heterocycles. The Hall–Kier alpha value is -4.75. The number of nitrogens with zero attached hydrogens (tertiary/aromatic N) is 4. The number of imidazole rings is 1. The normalized spacial score (nSPS) is 12.4. The molecule has 0 bridgehead atoms. The van der Waals surface area contributed by atoms with Crippen LogP contribution in [0.1, 0.15) is 58.8 Å². The molecule has 2 N–H and O–H groups in total. The highest BCUT2D eigenvalue weighted by Crippen LogP contribution is 2.29. The maximum Gasteiger partial charge on any atom is 0.420 e. The first-order chi connectivity index (χ1) is 22.0. The molecule has 3 aromatic rings. The third-order valence-corrected chi connectivity index (χ3v) is 6.95. The molecule has 14 heteroatoms. The lowest BCUT2D eigenvalue weighted by atomic mass is 10.0. The molecule has 0 saturated carbocycles. The van der Waals surface area contributed by atoms with Gasteiger partial charge in [0, 0.05) is 44.5 Å². The van der Waals surface area contributed by atoms with Crippen LogP contribution >= 0.6 is 0 Å². The molecule has 2 aromatic heterocycles. The molecule has 0 radical (unpaired) electrons. The van der Waals surface area contributed by atoms with Crippen LogP contribution in [-0.2, 0) is 27.2 Å². The summed E-state index contributed by atoms with van der Waals surface area (Å²) in [6, 6.07) is 3.42. The maximum atomic E-state index is 15.3. The van der Waals surface area contributed by atoms with Gasteiger partial charge in [0.05, 0.1) is 19.2 Å². The molecule has 0 spiro atoms. The number of hydrogen-bond donors (Lipinski definition) is 2. The minimum atomic E-state index is -0.984. The highest BCUT2D eigenvalue weighted by atomic mass is 19.1. The van der Waals surface area contributed by atoms with E-state index >= 15 is 4.39 Å². The van der Waals surface area contributed by atoms with Crippen LogP contribution in [0.2, 0.25) is 0 Å². The maximum absolute atomic E-state index is 15.3. The SMILES string of the molecule is COC(=O)NC(CC/C=C/C(=O)N(C)C)CNc1cccn(Cc2nc3c(CC(C)C)c(F)cc(F)c3n2C(=O)OC(C)(C)C)c1=O. The van der Waals surface area contributed by atoms with Gasteiger partial charge in [0.2, 0.25) is 5.91 Å². The van der Waals surface area contributed by atoms with Gasteiger partial charge in [0.15, 0.2) is 5.82 Å². The van der Waals surface area contributed by atoms with Gasteiger partial charge in [-0.25, -0.2) is 27.9 Å². The third-order valence-electron chi connectivity index (χ3n) is 6.95. The van der Waals surface area contributed by atoms with Crippen molar-refractivity contribution in [2.45, 2.75) is 72.1 Å². The van der Waals surface area contributed by atoms with Crippen LogP contribution in [0.4, 0.5) is 24.1 Å². The summed E-state index contributed by atoms with van der Waals surface area (Å²) < 4.78 is 42.8. The van der Waals surface area contributed by atoms with E-state index < -0.39 is 41.0 Å². The molecule has 0 fully saturated rings. The first-order valence-corrected chi connectivity index (χ1v) is 15.3. The highest BCUT2D eigenvalue weighted by Gasteiger charge is 2.28. The van der Waals surface area contributed by atoms with Crippen LogP contribution < -0.4 is 16.2 Å². The Morgan fingerprint density at radius 1 is 1.15 bits per heavy atom. The van der Waals surface area contributed by atoms with E-state index in [9.17, 15) is 23.6 Å². The van der Waals surface area contributed by atoms with Crippen LogP contribution in [0.3, 0.4) is 0 Å². The monoisotopic (exact) mass is 658 g/mol. The number of alkyl carbamates (subject to hydrolysis) is 1. The number of amides is 2. The Kier molecular flexibility index (Phi) is 12.3. The number of rotatable bonds is 12. The lowest BCUT2D eigenvalue weighted by Crippen LogP contribution is -2.40. The summed E-state index contributed by atoms with van der Waals surface area (Å²) in [4.78, 5) is 56.7. The minimum absolute atomic E-state index is 0.00715. The number of aromatic nitrogens is 3. The molecule has 3 rings (SSSR count). The summed E-state index contributed by atoms with van der Waals surface area (Å²) in [6.07, 6.45) is 4.18. The average Bonchev–Trinajstić information content (AvgIpc) is 3.36. The summed E-state index contributed by atoms with van der Waals surface area (Å²) in [5, 5.41) is 5.76. The fraction of sp³-hybridized carbons (Fsp3) is 0.485. The predicted molar refractivity (Wildman–Crippen MR) is 175 cm³/mol. The van der Waals surface area contributed by atoms with E-state index in [-0.39, 0.29) is 59.4 Å². The number of halogens is 2. The number of ether oxygens (including phenoxy) is 2. The Balaban J connectivity index is 1.96. The number of methoxy groups -OCH3 is 1. The lowest BCUT2D eigenvalue weighted by Gasteiger charge is -2.21. The van der Waals surface area contributed by atoms with Gasteiger partial charge in [-0.05, 0) is 64.2 Å². The van der Waals surface area contributed by atoms with Gasteiger partial charge in [0.1, 0.15) is 28.4 Å². The van der Waals surface area contributed by atoms with E-state index in [1.807, 2.05) is 13.8 Å². The van der Waals surface area contributed by atoms with Crippen molar-refractivity contribution in [2.24, 2.45) is 5.92 Å². The van der Waals surface area contributed by atoms with E-state index in [1.165, 1.54) is 28.8 Å². The van der Waals surface area contributed by atoms with Crippen molar-refractivity contribution >= 4 is 34.8 Å². The van der Waals surface area contributed by atoms with E-state index in [0.29, 0.717) is 12.8 Å². The Bertz CT molecular complexity index is 1690. The van der Waals surface area contributed by atoms with Crippen LogP contribution in [0.25, 0.3) is 11.0 Å². The van der Waals surface area contributed by atoms with Crippen molar-refractivity contribution in [1.82, 2.24) is 24.3 Å². The summed E-state index contributed by atoms with van der Waals surface area (Å²) in [5.41, 5.74) is -1.33. The van der Waals surface area contributed by atoms with Gasteiger partial charge in [-0.2, -0.15) is 0 Å². The molecular formula is C33H44F2N6O6. The van der Waals surface area contributed by atoms with Gasteiger partial charge >= 0.3 is 12.2 Å². The largest absolute Gasteiger partial charge is 0.453 e. The second kappa shape index (κ2) is 15.7. The van der Waals surface area contributed by atoms with Crippen LogP contribution in [0.5, 0.6) is 0 Å². The number of likely N-dealkylation sites (N-methyl/N-ethyl adjacent to an activating group) is 1. The van der Waals surface area contributed by atoms with Gasteiger partial charge in [-0.3, -0.25) is 9.59 Å². The molecule has 256 valence electrons. The average molecular weight is 659 g/mol. The van der Waals surface area contributed by atoms with E-state index in [2.05, 4.69) is 15.6 Å². The van der Waals surface area contributed by atoms with Crippen LogP contribution in [0.15, 0.2) is 41.3 Å². The second-order valence-electron chi connectivity index (χ2n) is 12.7.